The summed E-state index contributed by atoms with van der Waals surface area (Å²) in [4.78, 5) is 22.2. The molecular weight excluding hydrogens is 214 g/mol. The zero-order chi connectivity index (χ0) is 12.9. The molecule has 0 heterocycles. The molecule has 0 saturated heterocycles. The van der Waals surface area contributed by atoms with Gasteiger partial charge in [0.05, 0.1) is 13.2 Å². The van der Waals surface area contributed by atoms with Crippen LogP contribution in [0.4, 0.5) is 4.79 Å². The number of hydrogen-bond donors (Lipinski definition) is 2. The molecule has 0 aromatic heterocycles. The molecule has 6 heteroatoms. The standard InChI is InChI=1S/C10H19NO5/c1-6(7(12)8(13)15-5)11-9(14)16-10(2,3)4/h6-7,12H,1-5H3,(H,11,14). The van der Waals surface area contributed by atoms with Crippen molar-refractivity contribution in [3.8, 4) is 0 Å². The number of aliphatic hydroxyl groups is 1. The minimum Gasteiger partial charge on any atom is -0.467 e. The van der Waals surface area contributed by atoms with Gasteiger partial charge in [-0.25, -0.2) is 9.59 Å². The molecule has 0 bridgehead atoms. The number of carbonyl (C=O) groups excluding carboxylic acids is 2. The van der Waals surface area contributed by atoms with E-state index in [0.29, 0.717) is 0 Å². The Bertz CT molecular complexity index is 258. The molecule has 0 aliphatic rings. The first-order valence-electron chi connectivity index (χ1n) is 4.93. The van der Waals surface area contributed by atoms with Crippen molar-refractivity contribution in [3.05, 3.63) is 0 Å². The highest BCUT2D eigenvalue weighted by Crippen LogP contribution is 2.07. The number of hydrogen-bond acceptors (Lipinski definition) is 5. The van der Waals surface area contributed by atoms with Crippen molar-refractivity contribution in [3.63, 3.8) is 0 Å². The lowest BCUT2D eigenvalue weighted by atomic mass is 10.2. The Balaban J connectivity index is 4.19. The number of esters is 1. The summed E-state index contributed by atoms with van der Waals surface area (Å²) >= 11 is 0. The van der Waals surface area contributed by atoms with Gasteiger partial charge >= 0.3 is 12.1 Å². The van der Waals surface area contributed by atoms with Gasteiger partial charge in [0.15, 0.2) is 6.10 Å². The minimum absolute atomic E-state index is 0.625. The molecular formula is C10H19NO5. The van der Waals surface area contributed by atoms with Crippen LogP contribution in [0.3, 0.4) is 0 Å². The summed E-state index contributed by atoms with van der Waals surface area (Å²) in [6.45, 7) is 6.63. The van der Waals surface area contributed by atoms with Gasteiger partial charge in [0, 0.05) is 0 Å². The first kappa shape index (κ1) is 14.7. The average molecular weight is 233 g/mol. The maximum Gasteiger partial charge on any atom is 0.407 e. The number of nitrogens with one attached hydrogen (secondary N) is 1. The fourth-order valence-corrected chi connectivity index (χ4v) is 0.897. The molecule has 0 aromatic carbocycles. The van der Waals surface area contributed by atoms with Crippen LogP contribution in [0, 0.1) is 0 Å². The molecule has 2 unspecified atom stereocenters. The lowest BCUT2D eigenvalue weighted by molar-refractivity contribution is -0.151. The minimum atomic E-state index is -1.41. The fraction of sp³-hybridized carbons (Fsp3) is 0.800. The van der Waals surface area contributed by atoms with E-state index in [9.17, 15) is 14.7 Å². The van der Waals surface area contributed by atoms with Crippen molar-refractivity contribution in [2.45, 2.75) is 45.4 Å². The Morgan fingerprint density at radius 1 is 1.31 bits per heavy atom. The second-order valence-corrected chi connectivity index (χ2v) is 4.40. The van der Waals surface area contributed by atoms with Crippen molar-refractivity contribution >= 4 is 12.1 Å². The Morgan fingerprint density at radius 3 is 2.19 bits per heavy atom. The fourth-order valence-electron chi connectivity index (χ4n) is 0.897. The Morgan fingerprint density at radius 2 is 1.81 bits per heavy atom. The monoisotopic (exact) mass is 233 g/mol. The number of ether oxygens (including phenoxy) is 2. The second-order valence-electron chi connectivity index (χ2n) is 4.40. The quantitative estimate of drug-likeness (QED) is 0.691. The van der Waals surface area contributed by atoms with E-state index in [1.165, 1.54) is 6.92 Å². The summed E-state index contributed by atoms with van der Waals surface area (Å²) in [5, 5.41) is 11.7. The van der Waals surface area contributed by atoms with Crippen LogP contribution < -0.4 is 5.32 Å². The van der Waals surface area contributed by atoms with E-state index in [1.807, 2.05) is 0 Å². The third-order valence-electron chi connectivity index (χ3n) is 1.66. The Labute approximate surface area is 94.9 Å². The van der Waals surface area contributed by atoms with Gasteiger partial charge < -0.3 is 19.9 Å². The van der Waals surface area contributed by atoms with E-state index in [4.69, 9.17) is 4.74 Å². The first-order chi connectivity index (χ1) is 7.17. The maximum atomic E-state index is 11.3. The third-order valence-corrected chi connectivity index (χ3v) is 1.66. The molecule has 2 atom stereocenters. The number of aliphatic hydroxyl groups excluding tert-OH is 1. The number of rotatable bonds is 3. The summed E-state index contributed by atoms with van der Waals surface area (Å²) in [6, 6.07) is -0.776. The van der Waals surface area contributed by atoms with Crippen molar-refractivity contribution in [1.82, 2.24) is 5.32 Å². The number of amides is 1. The Hall–Kier alpha value is -1.30. The van der Waals surface area contributed by atoms with Crippen LogP contribution in [0.5, 0.6) is 0 Å². The summed E-state index contributed by atoms with van der Waals surface area (Å²) in [7, 11) is 1.16. The molecule has 1 amide bonds. The van der Waals surface area contributed by atoms with Gasteiger partial charge in [0.2, 0.25) is 0 Å². The van der Waals surface area contributed by atoms with Gasteiger partial charge in [-0.3, -0.25) is 0 Å². The van der Waals surface area contributed by atoms with Gasteiger partial charge in [-0.1, -0.05) is 0 Å². The molecule has 16 heavy (non-hydrogen) atoms. The smallest absolute Gasteiger partial charge is 0.407 e. The van der Waals surface area contributed by atoms with Crippen LogP contribution in [-0.2, 0) is 14.3 Å². The van der Waals surface area contributed by atoms with Gasteiger partial charge in [-0.15, -0.1) is 0 Å². The first-order valence-corrected chi connectivity index (χ1v) is 4.93. The van der Waals surface area contributed by atoms with E-state index in [1.54, 1.807) is 20.8 Å². The Kier molecular flexibility index (Phi) is 5.23. The van der Waals surface area contributed by atoms with Gasteiger partial charge in [0.1, 0.15) is 5.60 Å². The second kappa shape index (κ2) is 5.69. The number of methoxy groups -OCH3 is 1. The zero-order valence-corrected chi connectivity index (χ0v) is 10.2. The van der Waals surface area contributed by atoms with Crippen molar-refractivity contribution in [2.24, 2.45) is 0 Å². The highest BCUT2D eigenvalue weighted by Gasteiger charge is 2.26. The van der Waals surface area contributed by atoms with Gasteiger partial charge in [-0.05, 0) is 27.7 Å². The van der Waals surface area contributed by atoms with E-state index in [0.717, 1.165) is 7.11 Å². The molecule has 0 radical (unpaired) electrons. The molecule has 0 fully saturated rings. The van der Waals surface area contributed by atoms with Crippen LogP contribution in [-0.4, -0.2) is 42.0 Å². The molecule has 0 aliphatic carbocycles. The lowest BCUT2D eigenvalue weighted by Crippen LogP contribution is -2.47. The summed E-state index contributed by atoms with van der Waals surface area (Å²) in [5.41, 5.74) is -0.625. The van der Waals surface area contributed by atoms with Crippen LogP contribution in [0.25, 0.3) is 0 Å². The highest BCUT2D eigenvalue weighted by molar-refractivity contribution is 5.76. The van der Waals surface area contributed by atoms with Gasteiger partial charge in [0.25, 0.3) is 0 Å². The normalized spacial score (nSPS) is 14.9. The van der Waals surface area contributed by atoms with E-state index >= 15 is 0 Å². The van der Waals surface area contributed by atoms with Crippen LogP contribution >= 0.6 is 0 Å². The lowest BCUT2D eigenvalue weighted by Gasteiger charge is -2.23. The average Bonchev–Trinajstić information content (AvgIpc) is 2.12. The molecule has 0 rings (SSSR count). The number of alkyl carbamates (subject to hydrolysis) is 1. The molecule has 2 N–H and O–H groups in total. The van der Waals surface area contributed by atoms with E-state index in [2.05, 4.69) is 10.1 Å². The van der Waals surface area contributed by atoms with Crippen molar-refractivity contribution in [1.29, 1.82) is 0 Å². The maximum absolute atomic E-state index is 11.3. The van der Waals surface area contributed by atoms with Crippen LogP contribution in [0.2, 0.25) is 0 Å². The molecule has 94 valence electrons. The summed E-state index contributed by atoms with van der Waals surface area (Å²) < 4.78 is 9.29. The summed E-state index contributed by atoms with van der Waals surface area (Å²) in [5.74, 6) is -0.802. The van der Waals surface area contributed by atoms with Crippen LogP contribution in [0.1, 0.15) is 27.7 Å². The SMILES string of the molecule is COC(=O)C(O)C(C)NC(=O)OC(C)(C)C. The zero-order valence-electron chi connectivity index (χ0n) is 10.2. The van der Waals surface area contributed by atoms with E-state index < -0.39 is 29.8 Å². The number of carbonyl (C=O) groups is 2. The van der Waals surface area contributed by atoms with Gasteiger partial charge in [-0.2, -0.15) is 0 Å². The molecule has 0 aromatic rings. The summed E-state index contributed by atoms with van der Waals surface area (Å²) in [6.07, 6.45) is -2.10. The van der Waals surface area contributed by atoms with Crippen molar-refractivity contribution in [2.75, 3.05) is 7.11 Å². The highest BCUT2D eigenvalue weighted by atomic mass is 16.6. The predicted molar refractivity (Wildman–Crippen MR) is 56.9 cm³/mol. The van der Waals surface area contributed by atoms with E-state index in [-0.39, 0.29) is 0 Å². The molecule has 0 saturated carbocycles. The largest absolute Gasteiger partial charge is 0.467 e. The topological polar surface area (TPSA) is 84.9 Å². The molecule has 0 aliphatic heterocycles. The predicted octanol–water partition coefficient (Wildman–Crippen LogP) is 0.433. The molecule has 0 spiro atoms. The van der Waals surface area contributed by atoms with Crippen LogP contribution in [0.15, 0.2) is 0 Å². The molecule has 6 nitrogen and oxygen atoms in total. The third kappa shape index (κ3) is 5.55. The van der Waals surface area contributed by atoms with Crippen molar-refractivity contribution < 1.29 is 24.2 Å².